The Hall–Kier alpha value is -3.12. The van der Waals surface area contributed by atoms with E-state index in [-0.39, 0.29) is 12.1 Å². The molecule has 0 unspecified atom stereocenters. The second-order valence-electron chi connectivity index (χ2n) is 6.32. The van der Waals surface area contributed by atoms with Crippen LogP contribution in [0.25, 0.3) is 0 Å². The van der Waals surface area contributed by atoms with Crippen LogP contribution in [0.2, 0.25) is 0 Å². The van der Waals surface area contributed by atoms with Crippen LogP contribution in [0.1, 0.15) is 22.3 Å². The second-order valence-corrected chi connectivity index (χ2v) is 6.32. The van der Waals surface area contributed by atoms with Crippen LogP contribution < -0.4 is 5.32 Å². The average molecular weight is 385 g/mol. The van der Waals surface area contributed by atoms with E-state index in [0.717, 1.165) is 12.1 Å². The van der Waals surface area contributed by atoms with E-state index in [1.54, 1.807) is 60.7 Å². The van der Waals surface area contributed by atoms with Gasteiger partial charge in [-0.3, -0.25) is 4.79 Å². The van der Waals surface area contributed by atoms with Gasteiger partial charge in [-0.2, -0.15) is 13.2 Å². The van der Waals surface area contributed by atoms with Gasteiger partial charge < -0.3 is 10.4 Å². The predicted octanol–water partition coefficient (Wildman–Crippen LogP) is 4.26. The fourth-order valence-corrected chi connectivity index (χ4v) is 2.96. The minimum absolute atomic E-state index is 0.148. The molecule has 6 heteroatoms. The van der Waals surface area contributed by atoms with Crippen LogP contribution in [0.15, 0.2) is 84.9 Å². The molecule has 3 nitrogen and oxygen atoms in total. The smallest absolute Gasteiger partial charge is 0.372 e. The van der Waals surface area contributed by atoms with Crippen molar-refractivity contribution in [3.63, 3.8) is 0 Å². The van der Waals surface area contributed by atoms with E-state index in [0.29, 0.717) is 11.1 Å². The summed E-state index contributed by atoms with van der Waals surface area (Å²) in [5.74, 6) is -0.720. The third kappa shape index (κ3) is 4.07. The van der Waals surface area contributed by atoms with Gasteiger partial charge in [-0.1, -0.05) is 72.8 Å². The summed E-state index contributed by atoms with van der Waals surface area (Å²) >= 11 is 0. The number of carbonyl (C=O) groups excluding carboxylic acids is 1. The number of halogens is 3. The van der Waals surface area contributed by atoms with Gasteiger partial charge in [-0.25, -0.2) is 0 Å². The van der Waals surface area contributed by atoms with E-state index in [1.807, 2.05) is 0 Å². The van der Waals surface area contributed by atoms with Crippen LogP contribution in [-0.2, 0) is 23.1 Å². The number of amides is 1. The molecule has 2 N–H and O–H groups in total. The average Bonchev–Trinajstić information content (AvgIpc) is 2.72. The number of alkyl halides is 3. The van der Waals surface area contributed by atoms with Crippen molar-refractivity contribution in [2.24, 2.45) is 0 Å². The SMILES string of the molecule is O=C(NCc1cccc(C(F)(F)F)c1)C(O)(c1ccccc1)c1ccccc1. The van der Waals surface area contributed by atoms with Crippen molar-refractivity contribution in [3.8, 4) is 0 Å². The van der Waals surface area contributed by atoms with Gasteiger partial charge in [0.15, 0.2) is 5.60 Å². The van der Waals surface area contributed by atoms with Gasteiger partial charge in [0, 0.05) is 6.54 Å². The molecule has 0 heterocycles. The topological polar surface area (TPSA) is 49.3 Å². The van der Waals surface area contributed by atoms with Crippen molar-refractivity contribution in [3.05, 3.63) is 107 Å². The summed E-state index contributed by atoms with van der Waals surface area (Å²) in [7, 11) is 0. The molecule has 0 fully saturated rings. The van der Waals surface area contributed by atoms with Crippen molar-refractivity contribution in [1.29, 1.82) is 0 Å². The molecule has 0 aliphatic carbocycles. The van der Waals surface area contributed by atoms with E-state index in [2.05, 4.69) is 5.32 Å². The first-order valence-corrected chi connectivity index (χ1v) is 8.59. The molecule has 0 bridgehead atoms. The summed E-state index contributed by atoms with van der Waals surface area (Å²) in [6.45, 7) is -0.148. The minimum atomic E-state index is -4.46. The van der Waals surface area contributed by atoms with Crippen molar-refractivity contribution in [2.45, 2.75) is 18.3 Å². The lowest BCUT2D eigenvalue weighted by Gasteiger charge is -2.28. The van der Waals surface area contributed by atoms with Gasteiger partial charge in [-0.15, -0.1) is 0 Å². The molecule has 144 valence electrons. The van der Waals surface area contributed by atoms with E-state index >= 15 is 0 Å². The zero-order valence-corrected chi connectivity index (χ0v) is 14.8. The van der Waals surface area contributed by atoms with E-state index in [4.69, 9.17) is 0 Å². The minimum Gasteiger partial charge on any atom is -0.372 e. The largest absolute Gasteiger partial charge is 0.416 e. The zero-order chi connectivity index (χ0) is 20.2. The Balaban J connectivity index is 1.88. The highest BCUT2D eigenvalue weighted by molar-refractivity contribution is 5.90. The number of rotatable bonds is 5. The summed E-state index contributed by atoms with van der Waals surface area (Å²) in [5, 5.41) is 13.9. The molecule has 3 aromatic carbocycles. The van der Waals surface area contributed by atoms with Crippen LogP contribution in [-0.4, -0.2) is 11.0 Å². The molecule has 3 rings (SSSR count). The Bertz CT molecular complexity index is 901. The predicted molar refractivity (Wildman–Crippen MR) is 99.2 cm³/mol. The van der Waals surface area contributed by atoms with Gasteiger partial charge in [0.25, 0.3) is 5.91 Å². The summed E-state index contributed by atoms with van der Waals surface area (Å²) in [6.07, 6.45) is -4.46. The summed E-state index contributed by atoms with van der Waals surface area (Å²) in [6, 6.07) is 21.5. The van der Waals surface area contributed by atoms with Crippen LogP contribution in [0.3, 0.4) is 0 Å². The van der Waals surface area contributed by atoms with Crippen LogP contribution >= 0.6 is 0 Å². The summed E-state index contributed by atoms with van der Waals surface area (Å²) < 4.78 is 38.6. The monoisotopic (exact) mass is 385 g/mol. The van der Waals surface area contributed by atoms with E-state index in [1.165, 1.54) is 12.1 Å². The molecule has 0 radical (unpaired) electrons. The highest BCUT2D eigenvalue weighted by Crippen LogP contribution is 2.31. The fraction of sp³-hybridized carbons (Fsp3) is 0.136. The molecule has 0 aliphatic rings. The highest BCUT2D eigenvalue weighted by Gasteiger charge is 2.39. The molecular formula is C22H18F3NO2. The van der Waals surface area contributed by atoms with Crippen LogP contribution in [0, 0.1) is 0 Å². The maximum atomic E-state index is 12.9. The Morgan fingerprint density at radius 3 is 1.79 bits per heavy atom. The van der Waals surface area contributed by atoms with Gasteiger partial charge in [0.1, 0.15) is 0 Å². The van der Waals surface area contributed by atoms with Crippen molar-refractivity contribution in [2.75, 3.05) is 0 Å². The van der Waals surface area contributed by atoms with Crippen molar-refractivity contribution >= 4 is 5.91 Å². The Morgan fingerprint density at radius 1 is 0.786 bits per heavy atom. The molecule has 0 aromatic heterocycles. The quantitative estimate of drug-likeness (QED) is 0.690. The molecule has 0 saturated heterocycles. The first-order valence-electron chi connectivity index (χ1n) is 8.59. The lowest BCUT2D eigenvalue weighted by molar-refractivity contribution is -0.137. The lowest BCUT2D eigenvalue weighted by atomic mass is 9.85. The number of nitrogens with one attached hydrogen (secondary N) is 1. The number of benzene rings is 3. The van der Waals surface area contributed by atoms with Crippen molar-refractivity contribution < 1.29 is 23.1 Å². The first-order chi connectivity index (χ1) is 13.3. The number of hydrogen-bond donors (Lipinski definition) is 2. The number of carbonyl (C=O) groups is 1. The van der Waals surface area contributed by atoms with Crippen LogP contribution in [0.4, 0.5) is 13.2 Å². The standard InChI is InChI=1S/C22H18F3NO2/c23-22(24,25)19-13-7-8-16(14-19)15-26-20(27)21(28,17-9-3-1-4-10-17)18-11-5-2-6-12-18/h1-14,28H,15H2,(H,26,27). The normalized spacial score (nSPS) is 11.9. The Morgan fingerprint density at radius 2 is 1.29 bits per heavy atom. The van der Waals surface area contributed by atoms with Crippen LogP contribution in [0.5, 0.6) is 0 Å². The third-order valence-corrected chi connectivity index (χ3v) is 4.42. The highest BCUT2D eigenvalue weighted by atomic mass is 19.4. The molecule has 3 aromatic rings. The first kappa shape index (κ1) is 19.6. The van der Waals surface area contributed by atoms with Crippen molar-refractivity contribution in [1.82, 2.24) is 5.32 Å². The molecule has 0 aliphatic heterocycles. The van der Waals surface area contributed by atoms with Gasteiger partial charge in [0.2, 0.25) is 0 Å². The number of hydrogen-bond acceptors (Lipinski definition) is 2. The van der Waals surface area contributed by atoms with E-state index in [9.17, 15) is 23.1 Å². The molecular weight excluding hydrogens is 367 g/mol. The maximum Gasteiger partial charge on any atom is 0.416 e. The Labute approximate surface area is 160 Å². The van der Waals surface area contributed by atoms with Gasteiger partial charge >= 0.3 is 6.18 Å². The van der Waals surface area contributed by atoms with E-state index < -0.39 is 23.2 Å². The van der Waals surface area contributed by atoms with Gasteiger partial charge in [0.05, 0.1) is 5.56 Å². The fourth-order valence-electron chi connectivity index (χ4n) is 2.96. The zero-order valence-electron chi connectivity index (χ0n) is 14.8. The summed E-state index contributed by atoms with van der Waals surface area (Å²) in [5.41, 5.74) is -1.75. The molecule has 0 spiro atoms. The molecule has 0 atom stereocenters. The summed E-state index contributed by atoms with van der Waals surface area (Å²) in [4.78, 5) is 12.9. The Kier molecular flexibility index (Phi) is 5.51. The van der Waals surface area contributed by atoms with Gasteiger partial charge in [-0.05, 0) is 28.8 Å². The maximum absolute atomic E-state index is 12.9. The second kappa shape index (κ2) is 7.86. The lowest BCUT2D eigenvalue weighted by Crippen LogP contribution is -2.45. The third-order valence-electron chi connectivity index (χ3n) is 4.42. The molecule has 28 heavy (non-hydrogen) atoms. The molecule has 1 amide bonds. The number of aliphatic hydroxyl groups is 1. The molecule has 0 saturated carbocycles.